The number of hydrogen-bond acceptors (Lipinski definition) is 5. The largest absolute Gasteiger partial charge is 0.413 e. The summed E-state index contributed by atoms with van der Waals surface area (Å²) in [6.07, 6.45) is 0.0437. The van der Waals surface area contributed by atoms with Crippen molar-refractivity contribution in [2.24, 2.45) is 0 Å². The van der Waals surface area contributed by atoms with Gasteiger partial charge in [0.05, 0.1) is 16.3 Å². The second-order valence-electron chi connectivity index (χ2n) is 5.80. The number of halogens is 1. The molecule has 27 heavy (non-hydrogen) atoms. The minimum Gasteiger partial charge on any atom is -0.390 e. The van der Waals surface area contributed by atoms with Gasteiger partial charge in [0, 0.05) is 12.2 Å². The monoisotopic (exact) mass is 386 g/mol. The predicted octanol–water partition coefficient (Wildman–Crippen LogP) is 3.97. The summed E-state index contributed by atoms with van der Waals surface area (Å²) in [6, 6.07) is 8.43. The van der Waals surface area contributed by atoms with Crippen LogP contribution in [0.3, 0.4) is 0 Å². The number of anilines is 1. The fourth-order valence-corrected chi connectivity index (χ4v) is 2.47. The summed E-state index contributed by atoms with van der Waals surface area (Å²) in [5.41, 5.74) is 1.77. The topological polar surface area (TPSA) is 104 Å². The van der Waals surface area contributed by atoms with Crippen molar-refractivity contribution in [2.75, 3.05) is 11.9 Å². The molecule has 0 spiro atoms. The van der Waals surface area contributed by atoms with Crippen molar-refractivity contribution in [2.45, 2.75) is 27.2 Å². The Morgan fingerprint density at radius 1 is 1.26 bits per heavy atom. The van der Waals surface area contributed by atoms with E-state index in [4.69, 9.17) is 16.3 Å². The Balaban J connectivity index is 2.34. The molecular weight excluding hydrogens is 368 g/mol. The third kappa shape index (κ3) is 4.96. The van der Waals surface area contributed by atoms with Gasteiger partial charge in [0.1, 0.15) is 11.6 Å². The first kappa shape index (κ1) is 20.2. The second-order valence-corrected chi connectivity index (χ2v) is 6.21. The lowest BCUT2D eigenvalue weighted by atomic mass is 10.1. The first-order valence-electron chi connectivity index (χ1n) is 8.31. The lowest BCUT2D eigenvalue weighted by molar-refractivity contribution is 0.102. The van der Waals surface area contributed by atoms with Crippen LogP contribution in [-0.4, -0.2) is 23.5 Å². The molecule has 0 atom stereocenters. The molecule has 2 rings (SSSR count). The highest BCUT2D eigenvalue weighted by molar-refractivity contribution is 6.34. The van der Waals surface area contributed by atoms with E-state index in [-0.39, 0.29) is 27.7 Å². The number of pyridine rings is 1. The lowest BCUT2D eigenvalue weighted by Gasteiger charge is -2.13. The van der Waals surface area contributed by atoms with E-state index in [1.54, 1.807) is 32.0 Å². The fraction of sp³-hybridized carbons (Fsp3) is 0.263. The Hall–Kier alpha value is -3.11. The van der Waals surface area contributed by atoms with Crippen molar-refractivity contribution in [3.63, 3.8) is 0 Å². The Kier molecular flexibility index (Phi) is 6.74. The minimum absolute atomic E-state index is 0.0497. The molecule has 140 valence electrons. The maximum atomic E-state index is 12.7. The molecule has 1 heterocycles. The molecule has 0 aliphatic carbocycles. The van der Waals surface area contributed by atoms with Gasteiger partial charge in [-0.3, -0.25) is 4.79 Å². The summed E-state index contributed by atoms with van der Waals surface area (Å²) >= 11 is 6.14. The van der Waals surface area contributed by atoms with Crippen LogP contribution >= 0.6 is 11.6 Å². The Morgan fingerprint density at radius 2 is 2.00 bits per heavy atom. The highest BCUT2D eigenvalue weighted by Crippen LogP contribution is 2.29. The molecule has 0 radical (unpaired) electrons. The smallest absolute Gasteiger partial charge is 0.390 e. The molecular formula is C19H19ClN4O3. The third-order valence-electron chi connectivity index (χ3n) is 3.67. The van der Waals surface area contributed by atoms with Crippen LogP contribution in [-0.2, 0) is 0 Å². The molecule has 8 heteroatoms. The van der Waals surface area contributed by atoms with Crippen molar-refractivity contribution in [3.8, 4) is 11.9 Å². The van der Waals surface area contributed by atoms with Gasteiger partial charge in [0.15, 0.2) is 0 Å². The predicted molar refractivity (Wildman–Crippen MR) is 102 cm³/mol. The SMILES string of the molecule is CCCNC(=O)Oc1nc(C)ccc1C(=O)Nc1c(Cl)ccc(C)c1C#N. The lowest BCUT2D eigenvalue weighted by Crippen LogP contribution is -2.28. The summed E-state index contributed by atoms with van der Waals surface area (Å²) in [5, 5.41) is 14.8. The molecule has 0 aliphatic rings. The highest BCUT2D eigenvalue weighted by atomic mass is 35.5. The van der Waals surface area contributed by atoms with Crippen LogP contribution in [0.25, 0.3) is 0 Å². The zero-order chi connectivity index (χ0) is 20.0. The maximum absolute atomic E-state index is 12.7. The van der Waals surface area contributed by atoms with Crippen molar-refractivity contribution in [3.05, 3.63) is 51.7 Å². The van der Waals surface area contributed by atoms with E-state index >= 15 is 0 Å². The Bertz CT molecular complexity index is 922. The normalized spacial score (nSPS) is 10.0. The Labute approximate surface area is 162 Å². The average molecular weight is 387 g/mol. The summed E-state index contributed by atoms with van der Waals surface area (Å²) in [4.78, 5) is 28.7. The molecule has 1 aromatic heterocycles. The van der Waals surface area contributed by atoms with Gasteiger partial charge in [-0.1, -0.05) is 24.6 Å². The number of amides is 2. The van der Waals surface area contributed by atoms with Crippen molar-refractivity contribution in [1.29, 1.82) is 5.26 Å². The number of rotatable bonds is 5. The summed E-state index contributed by atoms with van der Waals surface area (Å²) in [7, 11) is 0. The van der Waals surface area contributed by atoms with Crippen molar-refractivity contribution < 1.29 is 14.3 Å². The van der Waals surface area contributed by atoms with Crippen LogP contribution < -0.4 is 15.4 Å². The van der Waals surface area contributed by atoms with E-state index in [1.165, 1.54) is 6.07 Å². The van der Waals surface area contributed by atoms with Crippen LogP contribution in [0.2, 0.25) is 5.02 Å². The third-order valence-corrected chi connectivity index (χ3v) is 3.98. The van der Waals surface area contributed by atoms with Gasteiger partial charge in [0.25, 0.3) is 5.91 Å². The van der Waals surface area contributed by atoms with E-state index in [1.807, 2.05) is 13.0 Å². The number of benzene rings is 1. The van der Waals surface area contributed by atoms with Gasteiger partial charge in [-0.25, -0.2) is 9.78 Å². The molecule has 1 aromatic carbocycles. The molecule has 0 saturated heterocycles. The number of nitrogens with one attached hydrogen (secondary N) is 2. The molecule has 2 amide bonds. The van der Waals surface area contributed by atoms with Crippen LogP contribution in [0.15, 0.2) is 24.3 Å². The zero-order valence-electron chi connectivity index (χ0n) is 15.2. The fourth-order valence-electron chi connectivity index (χ4n) is 2.26. The Morgan fingerprint density at radius 3 is 2.67 bits per heavy atom. The van der Waals surface area contributed by atoms with Gasteiger partial charge in [-0.2, -0.15) is 5.26 Å². The molecule has 2 N–H and O–H groups in total. The number of carbonyl (C=O) groups excluding carboxylic acids is 2. The number of ether oxygens (including phenoxy) is 1. The van der Waals surface area contributed by atoms with Gasteiger partial charge < -0.3 is 15.4 Å². The molecule has 7 nitrogen and oxygen atoms in total. The molecule has 2 aromatic rings. The van der Waals surface area contributed by atoms with Gasteiger partial charge in [0.2, 0.25) is 5.88 Å². The first-order valence-corrected chi connectivity index (χ1v) is 8.69. The van der Waals surface area contributed by atoms with E-state index in [9.17, 15) is 14.9 Å². The summed E-state index contributed by atoms with van der Waals surface area (Å²) in [5.74, 6) is -0.715. The van der Waals surface area contributed by atoms with E-state index in [2.05, 4.69) is 15.6 Å². The molecule has 0 unspecified atom stereocenters. The first-order chi connectivity index (χ1) is 12.9. The van der Waals surface area contributed by atoms with Crippen LogP contribution in [0.4, 0.5) is 10.5 Å². The second kappa shape index (κ2) is 9.01. The standard InChI is InChI=1S/C19H19ClN4O3/c1-4-9-22-19(26)27-18-13(7-6-12(3)23-18)17(25)24-16-14(10-21)11(2)5-8-15(16)20/h5-8H,4,9H2,1-3H3,(H,22,26)(H,24,25). The summed E-state index contributed by atoms with van der Waals surface area (Å²) < 4.78 is 5.18. The summed E-state index contributed by atoms with van der Waals surface area (Å²) in [6.45, 7) is 5.80. The number of nitriles is 1. The van der Waals surface area contributed by atoms with Crippen LogP contribution in [0.5, 0.6) is 5.88 Å². The number of aromatic nitrogens is 1. The molecule has 0 fully saturated rings. The number of hydrogen-bond donors (Lipinski definition) is 2. The number of nitrogens with zero attached hydrogens (tertiary/aromatic N) is 2. The van der Waals surface area contributed by atoms with Crippen molar-refractivity contribution >= 4 is 29.3 Å². The van der Waals surface area contributed by atoms with E-state index < -0.39 is 12.0 Å². The van der Waals surface area contributed by atoms with Gasteiger partial charge >= 0.3 is 6.09 Å². The van der Waals surface area contributed by atoms with Crippen LogP contribution in [0.1, 0.15) is 40.5 Å². The van der Waals surface area contributed by atoms with E-state index in [0.29, 0.717) is 17.8 Å². The quantitative estimate of drug-likeness (QED) is 0.808. The molecule has 0 saturated carbocycles. The highest BCUT2D eigenvalue weighted by Gasteiger charge is 2.20. The number of carbonyl (C=O) groups is 2. The molecule has 0 aliphatic heterocycles. The van der Waals surface area contributed by atoms with Crippen molar-refractivity contribution in [1.82, 2.24) is 10.3 Å². The van der Waals surface area contributed by atoms with E-state index in [0.717, 1.165) is 6.42 Å². The zero-order valence-corrected chi connectivity index (χ0v) is 16.0. The maximum Gasteiger partial charge on any atom is 0.413 e. The van der Waals surface area contributed by atoms with Crippen LogP contribution in [0, 0.1) is 25.2 Å². The van der Waals surface area contributed by atoms with Gasteiger partial charge in [-0.15, -0.1) is 0 Å². The average Bonchev–Trinajstić information content (AvgIpc) is 2.63. The van der Waals surface area contributed by atoms with Gasteiger partial charge in [-0.05, 0) is 44.0 Å². The number of aryl methyl sites for hydroxylation is 2. The minimum atomic E-state index is -0.699. The molecule has 0 bridgehead atoms.